The van der Waals surface area contributed by atoms with E-state index in [1.807, 2.05) is 0 Å². The molecule has 1 saturated heterocycles. The summed E-state index contributed by atoms with van der Waals surface area (Å²) in [5, 5.41) is 9.34. The standard InChI is InChI=1S/C10H20FNO/c1-10(2,3)12-5-4-8(7-12)9(13)6-11/h8-9,13H,4-7H2,1-3H3/t8-,9?/m0/s1. The van der Waals surface area contributed by atoms with Gasteiger partial charge in [0.15, 0.2) is 0 Å². The van der Waals surface area contributed by atoms with E-state index in [4.69, 9.17) is 0 Å². The summed E-state index contributed by atoms with van der Waals surface area (Å²) in [7, 11) is 0. The second-order valence-corrected chi connectivity index (χ2v) is 4.89. The second-order valence-electron chi connectivity index (χ2n) is 4.89. The van der Waals surface area contributed by atoms with Crippen molar-refractivity contribution in [3.8, 4) is 0 Å². The number of rotatable bonds is 2. The topological polar surface area (TPSA) is 23.5 Å². The highest BCUT2D eigenvalue weighted by molar-refractivity contribution is 4.87. The average Bonchev–Trinajstić information content (AvgIpc) is 2.50. The van der Waals surface area contributed by atoms with Crippen LogP contribution in [-0.2, 0) is 0 Å². The molecule has 0 aromatic rings. The zero-order valence-electron chi connectivity index (χ0n) is 8.76. The number of aliphatic hydroxyl groups is 1. The van der Waals surface area contributed by atoms with Crippen LogP contribution in [0, 0.1) is 5.92 Å². The van der Waals surface area contributed by atoms with Crippen molar-refractivity contribution >= 4 is 0 Å². The molecule has 78 valence electrons. The summed E-state index contributed by atoms with van der Waals surface area (Å²) in [6.45, 7) is 7.65. The highest BCUT2D eigenvalue weighted by atomic mass is 19.1. The summed E-state index contributed by atoms with van der Waals surface area (Å²) < 4.78 is 12.2. The van der Waals surface area contributed by atoms with Crippen molar-refractivity contribution < 1.29 is 9.50 Å². The summed E-state index contributed by atoms with van der Waals surface area (Å²) in [5.41, 5.74) is 0.144. The van der Waals surface area contributed by atoms with Gasteiger partial charge in [-0.2, -0.15) is 0 Å². The van der Waals surface area contributed by atoms with Crippen LogP contribution in [0.4, 0.5) is 4.39 Å². The number of nitrogens with zero attached hydrogens (tertiary/aromatic N) is 1. The third kappa shape index (κ3) is 2.64. The number of alkyl halides is 1. The van der Waals surface area contributed by atoms with Gasteiger partial charge in [0.25, 0.3) is 0 Å². The van der Waals surface area contributed by atoms with Crippen LogP contribution in [0.15, 0.2) is 0 Å². The van der Waals surface area contributed by atoms with Crippen LogP contribution < -0.4 is 0 Å². The molecule has 0 spiro atoms. The van der Waals surface area contributed by atoms with Crippen molar-refractivity contribution in [3.05, 3.63) is 0 Å². The second kappa shape index (κ2) is 3.93. The lowest BCUT2D eigenvalue weighted by Gasteiger charge is -2.32. The molecule has 0 bridgehead atoms. The Labute approximate surface area is 79.7 Å². The molecule has 0 radical (unpaired) electrons. The molecule has 1 unspecified atom stereocenters. The maximum absolute atomic E-state index is 12.2. The van der Waals surface area contributed by atoms with Gasteiger partial charge in [-0.05, 0) is 33.7 Å². The molecule has 1 rings (SSSR count). The first-order valence-electron chi connectivity index (χ1n) is 4.94. The summed E-state index contributed by atoms with van der Waals surface area (Å²) in [6, 6.07) is 0. The van der Waals surface area contributed by atoms with E-state index in [2.05, 4.69) is 25.7 Å². The van der Waals surface area contributed by atoms with Crippen molar-refractivity contribution in [2.24, 2.45) is 5.92 Å². The van der Waals surface area contributed by atoms with Gasteiger partial charge < -0.3 is 5.11 Å². The third-order valence-corrected chi connectivity index (χ3v) is 2.88. The molecule has 0 aliphatic carbocycles. The normalized spacial score (nSPS) is 27.9. The quantitative estimate of drug-likeness (QED) is 0.710. The lowest BCUT2D eigenvalue weighted by Crippen LogP contribution is -2.40. The van der Waals surface area contributed by atoms with E-state index < -0.39 is 12.8 Å². The lowest BCUT2D eigenvalue weighted by molar-refractivity contribution is 0.0747. The van der Waals surface area contributed by atoms with E-state index in [0.29, 0.717) is 0 Å². The Bertz CT molecular complexity index is 167. The molecular formula is C10H20FNO. The number of aliphatic hydroxyl groups excluding tert-OH is 1. The van der Waals surface area contributed by atoms with Crippen molar-refractivity contribution in [1.29, 1.82) is 0 Å². The minimum atomic E-state index is -0.757. The maximum atomic E-state index is 12.2. The summed E-state index contributed by atoms with van der Waals surface area (Å²) in [4.78, 5) is 2.30. The minimum Gasteiger partial charge on any atom is -0.390 e. The van der Waals surface area contributed by atoms with Crippen LogP contribution in [0.1, 0.15) is 27.2 Å². The predicted molar refractivity (Wildman–Crippen MR) is 51.4 cm³/mol. The molecule has 1 aliphatic heterocycles. The average molecular weight is 189 g/mol. The van der Waals surface area contributed by atoms with Crippen LogP contribution in [0.3, 0.4) is 0 Å². The fourth-order valence-electron chi connectivity index (χ4n) is 1.84. The third-order valence-electron chi connectivity index (χ3n) is 2.88. The molecule has 3 heteroatoms. The Balaban J connectivity index is 2.45. The Morgan fingerprint density at radius 1 is 1.54 bits per heavy atom. The van der Waals surface area contributed by atoms with Crippen LogP contribution >= 0.6 is 0 Å². The molecule has 0 amide bonds. The first-order chi connectivity index (χ1) is 5.95. The lowest BCUT2D eigenvalue weighted by atomic mass is 10.0. The van der Waals surface area contributed by atoms with Crippen molar-refractivity contribution in [3.63, 3.8) is 0 Å². The molecular weight excluding hydrogens is 169 g/mol. The largest absolute Gasteiger partial charge is 0.390 e. The van der Waals surface area contributed by atoms with Gasteiger partial charge in [0.05, 0.1) is 6.10 Å². The smallest absolute Gasteiger partial charge is 0.116 e. The molecule has 0 aromatic heterocycles. The van der Waals surface area contributed by atoms with Crippen molar-refractivity contribution in [2.45, 2.75) is 38.8 Å². The number of likely N-dealkylation sites (tertiary alicyclic amines) is 1. The van der Waals surface area contributed by atoms with E-state index in [1.54, 1.807) is 0 Å². The molecule has 0 saturated carbocycles. The van der Waals surface area contributed by atoms with Gasteiger partial charge >= 0.3 is 0 Å². The van der Waals surface area contributed by atoms with E-state index in [1.165, 1.54) is 0 Å². The van der Waals surface area contributed by atoms with Gasteiger partial charge in [0.1, 0.15) is 6.67 Å². The molecule has 1 aliphatic rings. The fraction of sp³-hybridized carbons (Fsp3) is 1.00. The minimum absolute atomic E-state index is 0.129. The number of hydrogen-bond donors (Lipinski definition) is 1. The zero-order chi connectivity index (χ0) is 10.1. The predicted octanol–water partition coefficient (Wildman–Crippen LogP) is 1.44. The first kappa shape index (κ1) is 10.9. The van der Waals surface area contributed by atoms with Gasteiger partial charge in [-0.15, -0.1) is 0 Å². The molecule has 1 N–H and O–H groups in total. The van der Waals surface area contributed by atoms with E-state index in [0.717, 1.165) is 19.5 Å². The van der Waals surface area contributed by atoms with Crippen LogP contribution in [0.5, 0.6) is 0 Å². The molecule has 13 heavy (non-hydrogen) atoms. The highest BCUT2D eigenvalue weighted by Crippen LogP contribution is 2.26. The Hall–Kier alpha value is -0.150. The highest BCUT2D eigenvalue weighted by Gasteiger charge is 2.33. The SMILES string of the molecule is CC(C)(C)N1CC[C@H](C(O)CF)C1. The van der Waals surface area contributed by atoms with Crippen LogP contribution in [0.2, 0.25) is 0 Å². The van der Waals surface area contributed by atoms with Gasteiger partial charge in [-0.25, -0.2) is 4.39 Å². The van der Waals surface area contributed by atoms with E-state index in [9.17, 15) is 9.50 Å². The van der Waals surface area contributed by atoms with E-state index in [-0.39, 0.29) is 11.5 Å². The van der Waals surface area contributed by atoms with Gasteiger partial charge in [-0.3, -0.25) is 4.90 Å². The monoisotopic (exact) mass is 189 g/mol. The summed E-state index contributed by atoms with van der Waals surface area (Å²) in [6.07, 6.45) is 0.162. The number of halogens is 1. The molecule has 2 nitrogen and oxygen atoms in total. The van der Waals surface area contributed by atoms with Crippen molar-refractivity contribution in [1.82, 2.24) is 4.90 Å². The van der Waals surface area contributed by atoms with E-state index >= 15 is 0 Å². The summed E-state index contributed by atoms with van der Waals surface area (Å²) in [5.74, 6) is 0.129. The Morgan fingerprint density at radius 2 is 2.15 bits per heavy atom. The summed E-state index contributed by atoms with van der Waals surface area (Å²) >= 11 is 0. The first-order valence-corrected chi connectivity index (χ1v) is 4.94. The van der Waals surface area contributed by atoms with Crippen LogP contribution in [0.25, 0.3) is 0 Å². The van der Waals surface area contributed by atoms with Gasteiger partial charge in [-0.1, -0.05) is 0 Å². The molecule has 1 heterocycles. The molecule has 1 fully saturated rings. The zero-order valence-corrected chi connectivity index (χ0v) is 8.76. The Kier molecular flexibility index (Phi) is 3.30. The molecule has 2 atom stereocenters. The number of hydrogen-bond acceptors (Lipinski definition) is 2. The molecule has 0 aromatic carbocycles. The van der Waals surface area contributed by atoms with Crippen molar-refractivity contribution in [2.75, 3.05) is 19.8 Å². The Morgan fingerprint density at radius 3 is 2.54 bits per heavy atom. The van der Waals surface area contributed by atoms with Crippen LogP contribution in [-0.4, -0.2) is 41.4 Å². The van der Waals surface area contributed by atoms with Gasteiger partial charge in [0.2, 0.25) is 0 Å². The fourth-order valence-corrected chi connectivity index (χ4v) is 1.84. The maximum Gasteiger partial charge on any atom is 0.116 e. The van der Waals surface area contributed by atoms with Gasteiger partial charge in [0, 0.05) is 18.0 Å².